The zero-order chi connectivity index (χ0) is 12.4. The number of nitrogens with zero attached hydrogens (tertiary/aromatic N) is 3. The molecule has 1 atom stereocenters. The maximum Gasteiger partial charge on any atom is 0.243 e. The van der Waals surface area contributed by atoms with E-state index in [1.165, 1.54) is 0 Å². The van der Waals surface area contributed by atoms with Crippen LogP contribution in [0.3, 0.4) is 0 Å². The van der Waals surface area contributed by atoms with Crippen molar-refractivity contribution >= 4 is 11.9 Å². The summed E-state index contributed by atoms with van der Waals surface area (Å²) in [6.07, 6.45) is 5.26. The van der Waals surface area contributed by atoms with Gasteiger partial charge in [-0.3, -0.25) is 4.79 Å². The fraction of sp³-hybridized carbons (Fsp3) is 0.583. The molecule has 1 aromatic rings. The average molecular weight is 248 g/mol. The lowest BCUT2D eigenvalue weighted by molar-refractivity contribution is -0.126. The van der Waals surface area contributed by atoms with Gasteiger partial charge >= 0.3 is 0 Å². The first-order valence-corrected chi connectivity index (χ1v) is 6.26. The predicted octanol–water partition coefficient (Wildman–Crippen LogP) is -0.0396. The first kappa shape index (κ1) is 11.4. The Hall–Kier alpha value is -1.69. The number of anilines is 1. The predicted molar refractivity (Wildman–Crippen MR) is 65.1 cm³/mol. The minimum Gasteiger partial charge on any atom is -0.377 e. The zero-order valence-corrected chi connectivity index (χ0v) is 10.1. The van der Waals surface area contributed by atoms with E-state index in [0.29, 0.717) is 19.2 Å². The van der Waals surface area contributed by atoms with E-state index in [4.69, 9.17) is 4.74 Å². The van der Waals surface area contributed by atoms with E-state index in [2.05, 4.69) is 15.3 Å². The number of aromatic nitrogens is 2. The largest absolute Gasteiger partial charge is 0.377 e. The van der Waals surface area contributed by atoms with Crippen LogP contribution in [0.1, 0.15) is 12.8 Å². The van der Waals surface area contributed by atoms with Gasteiger partial charge in [-0.15, -0.1) is 0 Å². The summed E-state index contributed by atoms with van der Waals surface area (Å²) in [7, 11) is 0. The Labute approximate surface area is 105 Å². The van der Waals surface area contributed by atoms with Gasteiger partial charge < -0.3 is 15.0 Å². The Balaban J connectivity index is 1.68. The maximum absolute atomic E-state index is 12.2. The highest BCUT2D eigenvalue weighted by Crippen LogP contribution is 2.22. The molecule has 1 unspecified atom stereocenters. The van der Waals surface area contributed by atoms with Gasteiger partial charge in [-0.1, -0.05) is 0 Å². The Morgan fingerprint density at radius 2 is 2.17 bits per heavy atom. The lowest BCUT2D eigenvalue weighted by Gasteiger charge is -2.30. The molecule has 0 spiro atoms. The van der Waals surface area contributed by atoms with Crippen molar-refractivity contribution < 1.29 is 9.53 Å². The van der Waals surface area contributed by atoms with Crippen molar-refractivity contribution in [3.05, 3.63) is 18.5 Å². The van der Waals surface area contributed by atoms with Crippen LogP contribution in [0.5, 0.6) is 0 Å². The number of carbonyl (C=O) groups is 1. The van der Waals surface area contributed by atoms with Crippen molar-refractivity contribution in [2.75, 3.05) is 24.7 Å². The number of hydrogen-bond donors (Lipinski definition) is 1. The van der Waals surface area contributed by atoms with Gasteiger partial charge in [-0.2, -0.15) is 0 Å². The minimum absolute atomic E-state index is 0.0632. The minimum atomic E-state index is -0.145. The zero-order valence-electron chi connectivity index (χ0n) is 10.1. The molecule has 18 heavy (non-hydrogen) atoms. The summed E-state index contributed by atoms with van der Waals surface area (Å²) in [4.78, 5) is 22.6. The molecule has 0 aliphatic carbocycles. The number of ether oxygens (including phenoxy) is 1. The van der Waals surface area contributed by atoms with E-state index in [1.54, 1.807) is 18.5 Å². The molecule has 6 nitrogen and oxygen atoms in total. The van der Waals surface area contributed by atoms with Crippen LogP contribution in [0.15, 0.2) is 18.5 Å². The molecule has 96 valence electrons. The van der Waals surface area contributed by atoms with Gasteiger partial charge in [-0.25, -0.2) is 9.97 Å². The first-order valence-electron chi connectivity index (χ1n) is 6.26. The molecule has 0 radical (unpaired) electrons. The van der Waals surface area contributed by atoms with Crippen LogP contribution < -0.4 is 10.2 Å². The Morgan fingerprint density at radius 1 is 1.39 bits per heavy atom. The van der Waals surface area contributed by atoms with Crippen molar-refractivity contribution in [2.24, 2.45) is 0 Å². The molecule has 2 aliphatic heterocycles. The quantitative estimate of drug-likeness (QED) is 0.813. The summed E-state index contributed by atoms with van der Waals surface area (Å²) in [6, 6.07) is 1.81. The normalized spacial score (nSPS) is 23.8. The van der Waals surface area contributed by atoms with E-state index in [-0.39, 0.29) is 18.0 Å². The Bertz CT molecular complexity index is 421. The third-order valence-corrected chi connectivity index (χ3v) is 3.35. The summed E-state index contributed by atoms with van der Waals surface area (Å²) in [5.41, 5.74) is 0. The molecular weight excluding hydrogens is 232 g/mol. The van der Waals surface area contributed by atoms with Crippen molar-refractivity contribution in [1.29, 1.82) is 0 Å². The van der Waals surface area contributed by atoms with E-state index in [0.717, 1.165) is 19.4 Å². The summed E-state index contributed by atoms with van der Waals surface area (Å²) in [5.74, 6) is 0.702. The highest BCUT2D eigenvalue weighted by Gasteiger charge is 2.34. The molecule has 2 aliphatic rings. The van der Waals surface area contributed by atoms with E-state index in [9.17, 15) is 4.79 Å². The molecule has 1 amide bonds. The second kappa shape index (κ2) is 4.89. The van der Waals surface area contributed by atoms with Crippen LogP contribution in [0.4, 0.5) is 5.95 Å². The molecule has 1 N–H and O–H groups in total. The van der Waals surface area contributed by atoms with Crippen LogP contribution in [0, 0.1) is 0 Å². The van der Waals surface area contributed by atoms with Crippen LogP contribution in [0.2, 0.25) is 0 Å². The van der Waals surface area contributed by atoms with E-state index < -0.39 is 0 Å². The Kier molecular flexibility index (Phi) is 3.10. The number of hydrogen-bond acceptors (Lipinski definition) is 5. The molecular formula is C12H16N4O2. The smallest absolute Gasteiger partial charge is 0.243 e. The van der Waals surface area contributed by atoms with Crippen molar-refractivity contribution in [2.45, 2.75) is 24.9 Å². The molecule has 2 saturated heterocycles. The summed E-state index contributed by atoms with van der Waals surface area (Å²) < 4.78 is 5.06. The highest BCUT2D eigenvalue weighted by atomic mass is 16.5. The van der Waals surface area contributed by atoms with Crippen molar-refractivity contribution in [3.8, 4) is 0 Å². The molecule has 2 fully saturated rings. The molecule has 0 aromatic carbocycles. The summed E-state index contributed by atoms with van der Waals surface area (Å²) >= 11 is 0. The van der Waals surface area contributed by atoms with Gasteiger partial charge in [0.1, 0.15) is 6.04 Å². The van der Waals surface area contributed by atoms with Crippen LogP contribution >= 0.6 is 0 Å². The molecule has 3 heterocycles. The van der Waals surface area contributed by atoms with E-state index in [1.807, 2.05) is 4.90 Å². The summed E-state index contributed by atoms with van der Waals surface area (Å²) in [5, 5.41) is 3.00. The SMILES string of the molecule is O=C(NC1COC1)C1CCCN1c1ncccn1. The number of rotatable bonds is 3. The number of amides is 1. The highest BCUT2D eigenvalue weighted by molar-refractivity contribution is 5.85. The summed E-state index contributed by atoms with van der Waals surface area (Å²) in [6.45, 7) is 2.09. The molecule has 0 bridgehead atoms. The van der Waals surface area contributed by atoms with Crippen molar-refractivity contribution in [1.82, 2.24) is 15.3 Å². The average Bonchev–Trinajstić information content (AvgIpc) is 2.84. The van der Waals surface area contributed by atoms with Gasteiger partial charge in [0.05, 0.1) is 19.3 Å². The van der Waals surface area contributed by atoms with Gasteiger partial charge in [0, 0.05) is 18.9 Å². The molecule has 1 aromatic heterocycles. The fourth-order valence-corrected chi connectivity index (χ4v) is 2.33. The second-order valence-corrected chi connectivity index (χ2v) is 4.64. The van der Waals surface area contributed by atoms with Crippen molar-refractivity contribution in [3.63, 3.8) is 0 Å². The lowest BCUT2D eigenvalue weighted by atomic mass is 10.2. The second-order valence-electron chi connectivity index (χ2n) is 4.64. The van der Waals surface area contributed by atoms with Gasteiger partial charge in [0.25, 0.3) is 0 Å². The fourth-order valence-electron chi connectivity index (χ4n) is 2.33. The lowest BCUT2D eigenvalue weighted by Crippen LogP contribution is -2.54. The third-order valence-electron chi connectivity index (χ3n) is 3.35. The topological polar surface area (TPSA) is 67.3 Å². The van der Waals surface area contributed by atoms with Gasteiger partial charge in [-0.05, 0) is 18.9 Å². The standard InChI is InChI=1S/C12H16N4O2/c17-11(15-9-7-18-8-9)10-3-1-6-16(10)12-13-4-2-5-14-12/h2,4-5,9-10H,1,3,6-8H2,(H,15,17). The molecule has 3 rings (SSSR count). The Morgan fingerprint density at radius 3 is 2.83 bits per heavy atom. The number of carbonyl (C=O) groups excluding carboxylic acids is 1. The van der Waals surface area contributed by atoms with Gasteiger partial charge in [0.2, 0.25) is 11.9 Å². The maximum atomic E-state index is 12.2. The van der Waals surface area contributed by atoms with E-state index >= 15 is 0 Å². The van der Waals surface area contributed by atoms with Gasteiger partial charge in [0.15, 0.2) is 0 Å². The number of nitrogens with one attached hydrogen (secondary N) is 1. The first-order chi connectivity index (χ1) is 8.84. The monoisotopic (exact) mass is 248 g/mol. The third kappa shape index (κ3) is 2.15. The van der Waals surface area contributed by atoms with Crippen LogP contribution in [-0.2, 0) is 9.53 Å². The van der Waals surface area contributed by atoms with Crippen LogP contribution in [0.25, 0.3) is 0 Å². The molecule has 6 heteroatoms. The van der Waals surface area contributed by atoms with Crippen LogP contribution in [-0.4, -0.2) is 47.7 Å². The molecule has 0 saturated carbocycles.